The molecule has 1 aromatic rings. The van der Waals surface area contributed by atoms with E-state index in [1.807, 2.05) is 26.0 Å². The number of carbonyl (C=O) groups excluding carboxylic acids is 2. The first-order chi connectivity index (χ1) is 10.5. The zero-order valence-electron chi connectivity index (χ0n) is 12.6. The van der Waals surface area contributed by atoms with E-state index in [4.69, 9.17) is 9.47 Å². The molecule has 1 N–H and O–H groups in total. The molecule has 2 amide bonds. The number of rotatable bonds is 5. The lowest BCUT2D eigenvalue weighted by Gasteiger charge is -2.10. The Labute approximate surface area is 133 Å². The number of benzene rings is 1. The van der Waals surface area contributed by atoms with Crippen LogP contribution >= 0.6 is 11.8 Å². The number of ether oxygens (including phenoxy) is 2. The lowest BCUT2D eigenvalue weighted by molar-refractivity contribution is -0.115. The molecule has 0 radical (unpaired) electrons. The highest BCUT2D eigenvalue weighted by molar-refractivity contribution is 8.18. The summed E-state index contributed by atoms with van der Waals surface area (Å²) in [5.41, 5.74) is 1.94. The number of hydrogen-bond acceptors (Lipinski definition) is 5. The van der Waals surface area contributed by atoms with Gasteiger partial charge in [0.05, 0.1) is 12.0 Å². The number of allylic oxidation sites excluding steroid dienone is 1. The van der Waals surface area contributed by atoms with Crippen molar-refractivity contribution in [1.82, 2.24) is 5.32 Å². The smallest absolute Gasteiger partial charge is 0.290 e. The molecule has 0 unspecified atom stereocenters. The van der Waals surface area contributed by atoms with Crippen LogP contribution in [0.5, 0.6) is 11.5 Å². The van der Waals surface area contributed by atoms with E-state index in [-0.39, 0.29) is 11.1 Å². The first-order valence-corrected chi connectivity index (χ1v) is 7.50. The van der Waals surface area contributed by atoms with Crippen molar-refractivity contribution in [3.8, 4) is 11.5 Å². The molecule has 0 spiro atoms. The molecule has 1 fully saturated rings. The van der Waals surface area contributed by atoms with Crippen LogP contribution in [-0.2, 0) is 4.79 Å². The summed E-state index contributed by atoms with van der Waals surface area (Å²) >= 11 is 0.885. The molecule has 0 aromatic heterocycles. The monoisotopic (exact) mass is 319 g/mol. The highest BCUT2D eigenvalue weighted by Gasteiger charge is 2.25. The Morgan fingerprint density at radius 1 is 1.27 bits per heavy atom. The Bertz CT molecular complexity index is 660. The van der Waals surface area contributed by atoms with Crippen LogP contribution in [-0.4, -0.2) is 24.9 Å². The van der Waals surface area contributed by atoms with Crippen molar-refractivity contribution in [3.63, 3.8) is 0 Å². The van der Waals surface area contributed by atoms with Gasteiger partial charge in [-0.1, -0.05) is 11.6 Å². The molecular weight excluding hydrogens is 302 g/mol. The van der Waals surface area contributed by atoms with Crippen molar-refractivity contribution in [2.45, 2.75) is 13.8 Å². The number of carbonyl (C=O) groups is 2. The molecule has 116 valence electrons. The first kappa shape index (κ1) is 16.2. The van der Waals surface area contributed by atoms with Gasteiger partial charge in [0.1, 0.15) is 6.61 Å². The van der Waals surface area contributed by atoms with Crippen LogP contribution in [0.2, 0.25) is 0 Å². The zero-order valence-corrected chi connectivity index (χ0v) is 13.5. The molecule has 2 rings (SSSR count). The number of hydrogen-bond donors (Lipinski definition) is 1. The van der Waals surface area contributed by atoms with E-state index in [1.54, 1.807) is 25.3 Å². The van der Waals surface area contributed by atoms with Gasteiger partial charge in [-0.15, -0.1) is 0 Å². The number of methoxy groups -OCH3 is 1. The number of thioether (sulfide) groups is 1. The summed E-state index contributed by atoms with van der Waals surface area (Å²) in [5.74, 6) is 0.825. The van der Waals surface area contributed by atoms with Gasteiger partial charge < -0.3 is 9.47 Å². The van der Waals surface area contributed by atoms with Crippen molar-refractivity contribution in [3.05, 3.63) is 40.3 Å². The van der Waals surface area contributed by atoms with Gasteiger partial charge in [-0.2, -0.15) is 0 Å². The molecule has 1 aromatic carbocycles. The minimum absolute atomic E-state index is 0.357. The maximum Gasteiger partial charge on any atom is 0.290 e. The van der Waals surface area contributed by atoms with Gasteiger partial charge in [-0.05, 0) is 55.5 Å². The van der Waals surface area contributed by atoms with E-state index in [2.05, 4.69) is 5.32 Å². The summed E-state index contributed by atoms with van der Waals surface area (Å²) in [6, 6.07) is 5.36. The van der Waals surface area contributed by atoms with Crippen LogP contribution in [0.3, 0.4) is 0 Å². The fourth-order valence-corrected chi connectivity index (χ4v) is 2.45. The fourth-order valence-electron chi connectivity index (χ4n) is 1.76. The Morgan fingerprint density at radius 3 is 2.64 bits per heavy atom. The average molecular weight is 319 g/mol. The second-order valence-corrected chi connectivity index (χ2v) is 5.87. The lowest BCUT2D eigenvalue weighted by atomic mass is 10.2. The SMILES string of the molecule is COc1cc(/C=C2/SC(=O)NC2=O)ccc1OCC=C(C)C. The topological polar surface area (TPSA) is 64.6 Å². The van der Waals surface area contributed by atoms with Crippen molar-refractivity contribution >= 4 is 29.0 Å². The van der Waals surface area contributed by atoms with Gasteiger partial charge in [0, 0.05) is 0 Å². The summed E-state index contributed by atoms with van der Waals surface area (Å²) in [6.07, 6.45) is 3.62. The molecule has 1 saturated heterocycles. The Morgan fingerprint density at radius 2 is 2.05 bits per heavy atom. The van der Waals surface area contributed by atoms with Gasteiger partial charge >= 0.3 is 0 Å². The Kier molecular flexibility index (Phi) is 5.27. The van der Waals surface area contributed by atoms with Crippen molar-refractivity contribution in [2.75, 3.05) is 13.7 Å². The predicted octanol–water partition coefficient (Wildman–Crippen LogP) is 3.36. The van der Waals surface area contributed by atoms with Crippen LogP contribution in [0.4, 0.5) is 4.79 Å². The molecule has 1 heterocycles. The van der Waals surface area contributed by atoms with Gasteiger partial charge in [0.15, 0.2) is 11.5 Å². The predicted molar refractivity (Wildman–Crippen MR) is 87.0 cm³/mol. The van der Waals surface area contributed by atoms with Crippen molar-refractivity contribution in [2.24, 2.45) is 0 Å². The fraction of sp³-hybridized carbons (Fsp3) is 0.250. The third-order valence-corrected chi connectivity index (χ3v) is 3.67. The van der Waals surface area contributed by atoms with Gasteiger partial charge in [-0.3, -0.25) is 14.9 Å². The van der Waals surface area contributed by atoms with E-state index in [1.165, 1.54) is 5.57 Å². The molecular formula is C16H17NO4S. The molecule has 0 aliphatic carbocycles. The third kappa shape index (κ3) is 4.14. The summed E-state index contributed by atoms with van der Waals surface area (Å²) in [6.45, 7) is 4.47. The van der Waals surface area contributed by atoms with Crippen LogP contribution < -0.4 is 14.8 Å². The molecule has 0 atom stereocenters. The number of amides is 2. The van der Waals surface area contributed by atoms with Crippen LogP contribution in [0, 0.1) is 0 Å². The Balaban J connectivity index is 2.18. The largest absolute Gasteiger partial charge is 0.493 e. The third-order valence-electron chi connectivity index (χ3n) is 2.86. The van der Waals surface area contributed by atoms with E-state index >= 15 is 0 Å². The molecule has 1 aliphatic rings. The minimum atomic E-state index is -0.377. The van der Waals surface area contributed by atoms with Gasteiger partial charge in [-0.25, -0.2) is 0 Å². The molecule has 0 bridgehead atoms. The van der Waals surface area contributed by atoms with Crippen molar-refractivity contribution < 1.29 is 19.1 Å². The highest BCUT2D eigenvalue weighted by atomic mass is 32.2. The van der Waals surface area contributed by atoms with Crippen LogP contribution in [0.25, 0.3) is 6.08 Å². The molecule has 5 nitrogen and oxygen atoms in total. The van der Waals surface area contributed by atoms with E-state index in [0.717, 1.165) is 17.3 Å². The maximum atomic E-state index is 11.5. The highest BCUT2D eigenvalue weighted by Crippen LogP contribution is 2.31. The molecule has 22 heavy (non-hydrogen) atoms. The van der Waals surface area contributed by atoms with Crippen molar-refractivity contribution in [1.29, 1.82) is 0 Å². The number of imide groups is 1. The van der Waals surface area contributed by atoms with Crippen LogP contribution in [0.15, 0.2) is 34.8 Å². The molecule has 1 aliphatic heterocycles. The maximum absolute atomic E-state index is 11.5. The van der Waals surface area contributed by atoms with E-state index < -0.39 is 0 Å². The normalized spacial score (nSPS) is 15.7. The van der Waals surface area contributed by atoms with Crippen LogP contribution in [0.1, 0.15) is 19.4 Å². The minimum Gasteiger partial charge on any atom is -0.493 e. The molecule has 6 heteroatoms. The Hall–Kier alpha value is -2.21. The summed E-state index contributed by atoms with van der Waals surface area (Å²) in [4.78, 5) is 23.0. The zero-order chi connectivity index (χ0) is 16.1. The summed E-state index contributed by atoms with van der Waals surface area (Å²) in [7, 11) is 1.56. The van der Waals surface area contributed by atoms with E-state index in [0.29, 0.717) is 23.0 Å². The standard InChI is InChI=1S/C16H17NO4S/c1-10(2)6-7-21-12-5-4-11(8-13(12)20-3)9-14-15(18)17-16(19)22-14/h4-6,8-9H,7H2,1-3H3,(H,17,18,19)/b14-9+. The lowest BCUT2D eigenvalue weighted by Crippen LogP contribution is -2.17. The average Bonchev–Trinajstić information content (AvgIpc) is 2.77. The van der Waals surface area contributed by atoms with Gasteiger partial charge in [0.25, 0.3) is 11.1 Å². The molecule has 0 saturated carbocycles. The summed E-state index contributed by atoms with van der Waals surface area (Å²) < 4.78 is 10.9. The second-order valence-electron chi connectivity index (χ2n) is 4.86. The summed E-state index contributed by atoms with van der Waals surface area (Å²) in [5, 5.41) is 1.86. The number of nitrogens with one attached hydrogen (secondary N) is 1. The second kappa shape index (κ2) is 7.17. The first-order valence-electron chi connectivity index (χ1n) is 6.68. The van der Waals surface area contributed by atoms with E-state index in [9.17, 15) is 9.59 Å². The van der Waals surface area contributed by atoms with Gasteiger partial charge in [0.2, 0.25) is 0 Å². The quantitative estimate of drug-likeness (QED) is 0.666.